The topological polar surface area (TPSA) is 91.1 Å². The van der Waals surface area contributed by atoms with Gasteiger partial charge in [-0.3, -0.25) is 15.6 Å². The second-order valence-electron chi connectivity index (χ2n) is 5.18. The molecule has 0 fully saturated rings. The third kappa shape index (κ3) is 4.64. The third-order valence-electron chi connectivity index (χ3n) is 3.38. The van der Waals surface area contributed by atoms with E-state index in [0.717, 1.165) is 11.0 Å². The summed E-state index contributed by atoms with van der Waals surface area (Å²) in [4.78, 5) is 19.5. The van der Waals surface area contributed by atoms with Crippen LogP contribution in [-0.2, 0) is 4.79 Å². The molecule has 0 unspecified atom stereocenters. The lowest BCUT2D eigenvalue weighted by molar-refractivity contribution is -0.119. The fourth-order valence-electron chi connectivity index (χ4n) is 2.20. The summed E-state index contributed by atoms with van der Waals surface area (Å²) in [5.74, 6) is 0.632. The van der Waals surface area contributed by atoms with Gasteiger partial charge < -0.3 is 15.0 Å². The predicted octanol–water partition coefficient (Wildman–Crippen LogP) is 2.68. The molecule has 1 aromatic heterocycles. The highest BCUT2D eigenvalue weighted by molar-refractivity contribution is 7.99. The third-order valence-corrected chi connectivity index (χ3v) is 4.46. The highest BCUT2D eigenvalue weighted by atomic mass is 32.2. The maximum absolute atomic E-state index is 12.0. The standard InChI is InChI=1S/C17H17N5O2S2/c1-24-14-9-5-4-8-13(14)18-16(25)22-21-15(23)10-26-17-19-11-6-2-3-7-12(11)20-17/h2-9H,10H2,1H3,(H,19,20)(H,21,23)(H2,18,22,25). The van der Waals surface area contributed by atoms with Crippen molar-refractivity contribution < 1.29 is 9.53 Å². The van der Waals surface area contributed by atoms with Gasteiger partial charge in [0.05, 0.1) is 29.6 Å². The molecular formula is C17H17N5O2S2. The molecule has 7 nitrogen and oxygen atoms in total. The normalized spacial score (nSPS) is 10.3. The molecule has 9 heteroatoms. The molecular weight excluding hydrogens is 370 g/mol. The van der Waals surface area contributed by atoms with E-state index in [1.54, 1.807) is 7.11 Å². The van der Waals surface area contributed by atoms with Crippen molar-refractivity contribution in [2.45, 2.75) is 5.16 Å². The second kappa shape index (κ2) is 8.54. The zero-order chi connectivity index (χ0) is 18.4. The highest BCUT2D eigenvalue weighted by Gasteiger charge is 2.08. The molecule has 1 heterocycles. The van der Waals surface area contributed by atoms with Gasteiger partial charge in [-0.2, -0.15) is 0 Å². The fourth-order valence-corrected chi connectivity index (χ4v) is 3.04. The van der Waals surface area contributed by atoms with E-state index in [1.807, 2.05) is 48.5 Å². The Labute approximate surface area is 159 Å². The van der Waals surface area contributed by atoms with E-state index in [-0.39, 0.29) is 16.8 Å². The van der Waals surface area contributed by atoms with E-state index in [2.05, 4.69) is 26.1 Å². The van der Waals surface area contributed by atoms with Crippen molar-refractivity contribution >= 4 is 51.7 Å². The lowest BCUT2D eigenvalue weighted by atomic mass is 10.3. The van der Waals surface area contributed by atoms with Crippen molar-refractivity contribution in [1.82, 2.24) is 20.8 Å². The smallest absolute Gasteiger partial charge is 0.248 e. The molecule has 0 bridgehead atoms. The van der Waals surface area contributed by atoms with Crippen LogP contribution in [0, 0.1) is 0 Å². The van der Waals surface area contributed by atoms with Gasteiger partial charge in [0.1, 0.15) is 5.75 Å². The summed E-state index contributed by atoms with van der Waals surface area (Å²) in [6, 6.07) is 15.1. The number of anilines is 1. The number of hydrazine groups is 1. The summed E-state index contributed by atoms with van der Waals surface area (Å²) in [7, 11) is 1.58. The number of rotatable bonds is 5. The lowest BCUT2D eigenvalue weighted by Gasteiger charge is -2.13. The number of amides is 1. The number of benzene rings is 2. The van der Waals surface area contributed by atoms with Gasteiger partial charge in [-0.05, 0) is 36.5 Å². The van der Waals surface area contributed by atoms with E-state index in [9.17, 15) is 4.79 Å². The quantitative estimate of drug-likeness (QED) is 0.304. The molecule has 2 aromatic carbocycles. The van der Waals surface area contributed by atoms with E-state index in [1.165, 1.54) is 11.8 Å². The van der Waals surface area contributed by atoms with Crippen LogP contribution >= 0.6 is 24.0 Å². The first-order valence-electron chi connectivity index (χ1n) is 7.72. The molecule has 26 heavy (non-hydrogen) atoms. The Bertz CT molecular complexity index is 895. The van der Waals surface area contributed by atoms with Crippen molar-refractivity contribution in [2.75, 3.05) is 18.2 Å². The van der Waals surface area contributed by atoms with E-state index in [4.69, 9.17) is 17.0 Å². The molecule has 0 radical (unpaired) electrons. The minimum Gasteiger partial charge on any atom is -0.495 e. The summed E-state index contributed by atoms with van der Waals surface area (Å²) in [5, 5.41) is 3.92. The number of H-pyrrole nitrogens is 1. The van der Waals surface area contributed by atoms with Gasteiger partial charge >= 0.3 is 0 Å². The van der Waals surface area contributed by atoms with Gasteiger partial charge in [0.15, 0.2) is 10.3 Å². The van der Waals surface area contributed by atoms with Crippen LogP contribution in [0.4, 0.5) is 5.69 Å². The van der Waals surface area contributed by atoms with Crippen molar-refractivity contribution in [3.63, 3.8) is 0 Å². The van der Waals surface area contributed by atoms with Crippen LogP contribution in [0.1, 0.15) is 0 Å². The Hall–Kier alpha value is -2.78. The number of hydrogen-bond acceptors (Lipinski definition) is 5. The average molecular weight is 387 g/mol. The zero-order valence-corrected chi connectivity index (χ0v) is 15.5. The van der Waals surface area contributed by atoms with E-state index in [0.29, 0.717) is 16.6 Å². The second-order valence-corrected chi connectivity index (χ2v) is 6.55. The number of fused-ring (bicyclic) bond motifs is 1. The minimum absolute atomic E-state index is 0.199. The van der Waals surface area contributed by atoms with Crippen LogP contribution in [-0.4, -0.2) is 33.9 Å². The molecule has 0 atom stereocenters. The van der Waals surface area contributed by atoms with Crippen LogP contribution in [0.15, 0.2) is 53.7 Å². The first kappa shape index (κ1) is 18.0. The summed E-state index contributed by atoms with van der Waals surface area (Å²) >= 11 is 6.48. The van der Waals surface area contributed by atoms with Crippen LogP contribution in [0.25, 0.3) is 11.0 Å². The van der Waals surface area contributed by atoms with Gasteiger partial charge in [-0.15, -0.1) is 0 Å². The summed E-state index contributed by atoms with van der Waals surface area (Å²) in [6.45, 7) is 0. The molecule has 0 saturated carbocycles. The van der Waals surface area contributed by atoms with Gasteiger partial charge in [-0.25, -0.2) is 4.98 Å². The number of aromatic amines is 1. The van der Waals surface area contributed by atoms with Gasteiger partial charge in [-0.1, -0.05) is 36.0 Å². The molecule has 0 aliphatic carbocycles. The van der Waals surface area contributed by atoms with Gasteiger partial charge in [0, 0.05) is 0 Å². The maximum atomic E-state index is 12.0. The number of aromatic nitrogens is 2. The molecule has 4 N–H and O–H groups in total. The molecule has 3 rings (SSSR count). The minimum atomic E-state index is -0.223. The number of ether oxygens (including phenoxy) is 1. The molecule has 0 saturated heterocycles. The van der Waals surface area contributed by atoms with Crippen LogP contribution in [0.2, 0.25) is 0 Å². The molecule has 0 aliphatic rings. The zero-order valence-electron chi connectivity index (χ0n) is 13.9. The molecule has 134 valence electrons. The molecule has 0 spiro atoms. The number of hydrogen-bond donors (Lipinski definition) is 4. The molecule has 3 aromatic rings. The maximum Gasteiger partial charge on any atom is 0.248 e. The molecule has 1 amide bonds. The largest absolute Gasteiger partial charge is 0.495 e. The number of nitrogens with zero attached hydrogens (tertiary/aromatic N) is 1. The van der Waals surface area contributed by atoms with Crippen molar-refractivity contribution in [3.05, 3.63) is 48.5 Å². The Morgan fingerprint density at radius 1 is 1.19 bits per heavy atom. The Balaban J connectivity index is 1.45. The monoisotopic (exact) mass is 387 g/mol. The number of carbonyl (C=O) groups is 1. The van der Waals surface area contributed by atoms with Crippen molar-refractivity contribution in [3.8, 4) is 5.75 Å². The van der Waals surface area contributed by atoms with Gasteiger partial charge in [0.25, 0.3) is 0 Å². The van der Waals surface area contributed by atoms with Crippen molar-refractivity contribution in [1.29, 1.82) is 0 Å². The highest BCUT2D eigenvalue weighted by Crippen LogP contribution is 2.22. The summed E-state index contributed by atoms with van der Waals surface area (Å²) < 4.78 is 5.23. The first-order valence-corrected chi connectivity index (χ1v) is 9.11. The SMILES string of the molecule is COc1ccccc1NC(=S)NNC(=O)CSc1nc2ccccc2[nH]1. The number of imidazole rings is 1. The van der Waals surface area contributed by atoms with Crippen LogP contribution < -0.4 is 20.9 Å². The number of methoxy groups -OCH3 is 1. The van der Waals surface area contributed by atoms with Crippen molar-refractivity contribution in [2.24, 2.45) is 0 Å². The predicted molar refractivity (Wildman–Crippen MR) is 107 cm³/mol. The number of thioether (sulfide) groups is 1. The van der Waals surface area contributed by atoms with E-state index >= 15 is 0 Å². The Morgan fingerprint density at radius 3 is 2.77 bits per heavy atom. The first-order chi connectivity index (χ1) is 12.7. The van der Waals surface area contributed by atoms with Crippen LogP contribution in [0.3, 0.4) is 0 Å². The number of para-hydroxylation sites is 4. The lowest BCUT2D eigenvalue weighted by Crippen LogP contribution is -2.44. The van der Waals surface area contributed by atoms with Crippen LogP contribution in [0.5, 0.6) is 5.75 Å². The fraction of sp³-hybridized carbons (Fsp3) is 0.118. The number of thiocarbonyl (C=S) groups is 1. The summed E-state index contributed by atoms with van der Waals surface area (Å²) in [5.41, 5.74) is 7.73. The average Bonchev–Trinajstić information content (AvgIpc) is 3.08. The van der Waals surface area contributed by atoms with Gasteiger partial charge in [0.2, 0.25) is 5.91 Å². The number of carbonyl (C=O) groups excluding carboxylic acids is 1. The van der Waals surface area contributed by atoms with E-state index < -0.39 is 0 Å². The number of nitrogens with one attached hydrogen (secondary N) is 4. The Morgan fingerprint density at radius 2 is 1.96 bits per heavy atom. The molecule has 0 aliphatic heterocycles. The summed E-state index contributed by atoms with van der Waals surface area (Å²) in [6.07, 6.45) is 0. The Kier molecular flexibility index (Phi) is 5.92.